The van der Waals surface area contributed by atoms with Crippen LogP contribution in [0.4, 0.5) is 16.5 Å². The van der Waals surface area contributed by atoms with Crippen molar-refractivity contribution in [2.24, 2.45) is 0 Å². The first kappa shape index (κ1) is 12.6. The van der Waals surface area contributed by atoms with Gasteiger partial charge in [-0.2, -0.15) is 0 Å². The number of hydrogen-bond acceptors (Lipinski definition) is 5. The lowest BCUT2D eigenvalue weighted by Crippen LogP contribution is -1.88. The van der Waals surface area contributed by atoms with Crippen molar-refractivity contribution in [3.63, 3.8) is 0 Å². The second-order valence-electron chi connectivity index (χ2n) is 4.53. The Morgan fingerprint density at radius 3 is 2.35 bits per heavy atom. The molecule has 0 aliphatic heterocycles. The van der Waals surface area contributed by atoms with Gasteiger partial charge in [-0.1, -0.05) is 29.0 Å². The highest BCUT2D eigenvalue weighted by molar-refractivity contribution is 7.18. The Hall–Kier alpha value is -2.40. The van der Waals surface area contributed by atoms with Gasteiger partial charge in [0.05, 0.1) is 0 Å². The van der Waals surface area contributed by atoms with E-state index in [0.29, 0.717) is 0 Å². The number of anilines is 3. The minimum absolute atomic E-state index is 0.747. The molecule has 0 radical (unpaired) electrons. The van der Waals surface area contributed by atoms with Gasteiger partial charge in [-0.3, -0.25) is 0 Å². The predicted octanol–water partition coefficient (Wildman–Crippen LogP) is 3.84. The second kappa shape index (κ2) is 5.30. The molecule has 0 saturated heterocycles. The highest BCUT2D eigenvalue weighted by Crippen LogP contribution is 2.28. The first-order valence-corrected chi connectivity index (χ1v) is 7.05. The van der Waals surface area contributed by atoms with Crippen LogP contribution in [0.15, 0.2) is 48.5 Å². The van der Waals surface area contributed by atoms with Gasteiger partial charge in [0.25, 0.3) is 0 Å². The smallest absolute Gasteiger partial charge is 0.210 e. The highest BCUT2D eigenvalue weighted by Gasteiger charge is 2.06. The predicted molar refractivity (Wildman–Crippen MR) is 84.2 cm³/mol. The van der Waals surface area contributed by atoms with Crippen LogP contribution in [-0.2, 0) is 0 Å². The number of hydrogen-bond donors (Lipinski definition) is 2. The van der Waals surface area contributed by atoms with Crippen LogP contribution >= 0.6 is 11.3 Å². The van der Waals surface area contributed by atoms with E-state index in [-0.39, 0.29) is 0 Å². The van der Waals surface area contributed by atoms with E-state index in [2.05, 4.69) is 34.6 Å². The Balaban J connectivity index is 1.80. The zero-order valence-corrected chi connectivity index (χ0v) is 11.8. The maximum atomic E-state index is 5.68. The molecule has 0 bridgehead atoms. The Morgan fingerprint density at radius 1 is 0.950 bits per heavy atom. The molecule has 3 rings (SSSR count). The van der Waals surface area contributed by atoms with Gasteiger partial charge in [-0.05, 0) is 43.3 Å². The van der Waals surface area contributed by atoms with E-state index in [1.165, 1.54) is 16.9 Å². The van der Waals surface area contributed by atoms with Gasteiger partial charge in [0.2, 0.25) is 5.13 Å². The summed E-state index contributed by atoms with van der Waals surface area (Å²) < 4.78 is 0. The Kier molecular flexibility index (Phi) is 3.35. The van der Waals surface area contributed by atoms with Crippen LogP contribution in [0, 0.1) is 6.92 Å². The van der Waals surface area contributed by atoms with Gasteiger partial charge in [-0.15, -0.1) is 10.2 Å². The van der Waals surface area contributed by atoms with Crippen LogP contribution < -0.4 is 11.1 Å². The molecule has 0 spiro atoms. The van der Waals surface area contributed by atoms with Crippen molar-refractivity contribution in [2.75, 3.05) is 11.1 Å². The third kappa shape index (κ3) is 2.78. The zero-order chi connectivity index (χ0) is 13.9. The molecule has 3 aromatic rings. The summed E-state index contributed by atoms with van der Waals surface area (Å²) in [5.41, 5.74) is 9.69. The SMILES string of the molecule is Cc1ccc(Nc2nnc(-c3ccc(N)cc3)s2)cc1. The average Bonchev–Trinajstić information content (AvgIpc) is 2.91. The monoisotopic (exact) mass is 282 g/mol. The van der Waals surface area contributed by atoms with Crippen molar-refractivity contribution in [1.29, 1.82) is 0 Å². The number of nitrogens with two attached hydrogens (primary N) is 1. The van der Waals surface area contributed by atoms with Gasteiger partial charge >= 0.3 is 0 Å². The molecule has 0 amide bonds. The van der Waals surface area contributed by atoms with Gasteiger partial charge in [0, 0.05) is 16.9 Å². The van der Waals surface area contributed by atoms with E-state index in [9.17, 15) is 0 Å². The molecule has 0 unspecified atom stereocenters. The van der Waals surface area contributed by atoms with E-state index >= 15 is 0 Å². The molecule has 0 fully saturated rings. The van der Waals surface area contributed by atoms with Gasteiger partial charge in [0.15, 0.2) is 0 Å². The molecular weight excluding hydrogens is 268 g/mol. The first-order chi connectivity index (χ1) is 9.70. The number of rotatable bonds is 3. The molecule has 20 heavy (non-hydrogen) atoms. The molecule has 1 heterocycles. The Morgan fingerprint density at radius 2 is 1.65 bits per heavy atom. The molecule has 0 aliphatic rings. The van der Waals surface area contributed by atoms with Crippen LogP contribution in [0.1, 0.15) is 5.56 Å². The second-order valence-corrected chi connectivity index (χ2v) is 5.50. The molecule has 2 aromatic carbocycles. The third-order valence-corrected chi connectivity index (χ3v) is 3.77. The van der Waals surface area contributed by atoms with Crippen molar-refractivity contribution < 1.29 is 0 Å². The van der Waals surface area contributed by atoms with Crippen molar-refractivity contribution >= 4 is 27.8 Å². The van der Waals surface area contributed by atoms with Gasteiger partial charge in [0.1, 0.15) is 5.01 Å². The highest BCUT2D eigenvalue weighted by atomic mass is 32.1. The van der Waals surface area contributed by atoms with Crippen LogP contribution in [0.2, 0.25) is 0 Å². The van der Waals surface area contributed by atoms with Crippen molar-refractivity contribution in [1.82, 2.24) is 10.2 Å². The fourth-order valence-corrected chi connectivity index (χ4v) is 2.55. The minimum Gasteiger partial charge on any atom is -0.399 e. The minimum atomic E-state index is 0.747. The quantitative estimate of drug-likeness (QED) is 0.716. The summed E-state index contributed by atoms with van der Waals surface area (Å²) in [5.74, 6) is 0. The standard InChI is InChI=1S/C15H14N4S/c1-10-2-8-13(9-3-10)17-15-19-18-14(20-15)11-4-6-12(16)7-5-11/h2-9H,16H2,1H3,(H,17,19). The lowest BCUT2D eigenvalue weighted by atomic mass is 10.2. The first-order valence-electron chi connectivity index (χ1n) is 6.24. The summed E-state index contributed by atoms with van der Waals surface area (Å²) in [4.78, 5) is 0. The lowest BCUT2D eigenvalue weighted by molar-refractivity contribution is 1.10. The summed E-state index contributed by atoms with van der Waals surface area (Å²) in [5, 5.41) is 13.3. The summed E-state index contributed by atoms with van der Waals surface area (Å²) in [6.45, 7) is 2.06. The lowest BCUT2D eigenvalue weighted by Gasteiger charge is -2.01. The summed E-state index contributed by atoms with van der Waals surface area (Å²) in [6.07, 6.45) is 0. The number of aryl methyl sites for hydroxylation is 1. The number of nitrogens with one attached hydrogen (secondary N) is 1. The van der Waals surface area contributed by atoms with E-state index in [1.807, 2.05) is 36.4 Å². The van der Waals surface area contributed by atoms with E-state index in [4.69, 9.17) is 5.73 Å². The maximum Gasteiger partial charge on any atom is 0.210 e. The molecule has 0 atom stereocenters. The number of aromatic nitrogens is 2. The molecular formula is C15H14N4S. The average molecular weight is 282 g/mol. The summed E-state index contributed by atoms with van der Waals surface area (Å²) in [6, 6.07) is 15.8. The van der Waals surface area contributed by atoms with E-state index < -0.39 is 0 Å². The van der Waals surface area contributed by atoms with Gasteiger partial charge in [-0.25, -0.2) is 0 Å². The number of benzene rings is 2. The molecule has 3 N–H and O–H groups in total. The molecule has 4 nitrogen and oxygen atoms in total. The van der Waals surface area contributed by atoms with Crippen LogP contribution in [-0.4, -0.2) is 10.2 Å². The third-order valence-electron chi connectivity index (χ3n) is 2.89. The molecule has 0 aliphatic carbocycles. The van der Waals surface area contributed by atoms with Crippen LogP contribution in [0.5, 0.6) is 0 Å². The van der Waals surface area contributed by atoms with Crippen molar-refractivity contribution in [3.05, 3.63) is 54.1 Å². The molecule has 1 aromatic heterocycles. The summed E-state index contributed by atoms with van der Waals surface area (Å²) >= 11 is 1.52. The van der Waals surface area contributed by atoms with Crippen LogP contribution in [0.3, 0.4) is 0 Å². The van der Waals surface area contributed by atoms with Crippen molar-refractivity contribution in [2.45, 2.75) is 6.92 Å². The Bertz CT molecular complexity index is 701. The Labute approximate surface area is 121 Å². The van der Waals surface area contributed by atoms with E-state index in [0.717, 1.165) is 27.1 Å². The zero-order valence-electron chi connectivity index (χ0n) is 11.0. The summed E-state index contributed by atoms with van der Waals surface area (Å²) in [7, 11) is 0. The number of nitrogens with zero attached hydrogens (tertiary/aromatic N) is 2. The van der Waals surface area contributed by atoms with E-state index in [1.54, 1.807) is 0 Å². The fraction of sp³-hybridized carbons (Fsp3) is 0.0667. The topological polar surface area (TPSA) is 63.8 Å². The fourth-order valence-electron chi connectivity index (χ4n) is 1.78. The largest absolute Gasteiger partial charge is 0.399 e. The molecule has 0 saturated carbocycles. The van der Waals surface area contributed by atoms with Crippen molar-refractivity contribution in [3.8, 4) is 10.6 Å². The molecule has 5 heteroatoms. The number of nitrogen functional groups attached to an aromatic ring is 1. The maximum absolute atomic E-state index is 5.68. The van der Waals surface area contributed by atoms with Crippen LogP contribution in [0.25, 0.3) is 10.6 Å². The molecule has 100 valence electrons. The van der Waals surface area contributed by atoms with Gasteiger partial charge < -0.3 is 11.1 Å². The normalized spacial score (nSPS) is 10.4.